The zero-order chi connectivity index (χ0) is 40.4. The van der Waals surface area contributed by atoms with Gasteiger partial charge in [0, 0.05) is 43.6 Å². The number of phenols is 1. The highest BCUT2D eigenvalue weighted by atomic mass is 16.6. The van der Waals surface area contributed by atoms with Gasteiger partial charge < -0.3 is 45.0 Å². The molecule has 0 radical (unpaired) electrons. The van der Waals surface area contributed by atoms with Crippen molar-refractivity contribution in [2.45, 2.75) is 65.3 Å². The van der Waals surface area contributed by atoms with Crippen molar-refractivity contribution < 1.29 is 43.3 Å². The number of carbonyl (C=O) groups excluding carboxylic acids is 5. The van der Waals surface area contributed by atoms with Gasteiger partial charge in [-0.15, -0.1) is 0 Å². The van der Waals surface area contributed by atoms with Crippen molar-refractivity contribution in [2.24, 2.45) is 5.92 Å². The van der Waals surface area contributed by atoms with Gasteiger partial charge in [-0.05, 0) is 75.5 Å². The van der Waals surface area contributed by atoms with Crippen molar-refractivity contribution in [3.8, 4) is 11.5 Å². The fourth-order valence-corrected chi connectivity index (χ4v) is 5.50. The van der Waals surface area contributed by atoms with Crippen molar-refractivity contribution in [1.82, 2.24) is 10.6 Å². The van der Waals surface area contributed by atoms with Crippen LogP contribution in [0.1, 0.15) is 56.1 Å². The highest BCUT2D eigenvalue weighted by Crippen LogP contribution is 2.36. The lowest BCUT2D eigenvalue weighted by Gasteiger charge is -2.30. The summed E-state index contributed by atoms with van der Waals surface area (Å²) in [5.41, 5.74) is 4.23. The summed E-state index contributed by atoms with van der Waals surface area (Å²) < 4.78 is 15.3. The normalized spacial score (nSPS) is 13.4. The number of para-hydroxylation sites is 1. The van der Waals surface area contributed by atoms with E-state index in [2.05, 4.69) is 31.7 Å². The molecule has 2 atom stereocenters. The lowest BCUT2D eigenvalue weighted by Crippen LogP contribution is -2.46. The van der Waals surface area contributed by atoms with Gasteiger partial charge in [0.25, 0.3) is 6.47 Å². The van der Waals surface area contributed by atoms with Gasteiger partial charge in [-0.2, -0.15) is 0 Å². The first-order valence-corrected chi connectivity index (χ1v) is 17.5. The van der Waals surface area contributed by atoms with Crippen molar-refractivity contribution in [3.05, 3.63) is 77.4 Å². The molecule has 1 heterocycles. The molecule has 0 spiro atoms. The number of nitrogens with one attached hydrogen (secondary N) is 3. The van der Waals surface area contributed by atoms with Crippen LogP contribution in [0, 0.1) is 5.92 Å². The van der Waals surface area contributed by atoms with E-state index in [0.29, 0.717) is 19.0 Å². The Morgan fingerprint density at radius 1 is 1.04 bits per heavy atom. The predicted octanol–water partition coefficient (Wildman–Crippen LogP) is 4.96. The molecule has 1 aliphatic heterocycles. The molecule has 4 N–H and O–H groups in total. The number of amides is 2. The minimum atomic E-state index is -0.611. The van der Waals surface area contributed by atoms with Gasteiger partial charge in [-0.1, -0.05) is 44.2 Å². The summed E-state index contributed by atoms with van der Waals surface area (Å²) in [4.78, 5) is 59.6. The molecular weight excluding hydrogens is 694 g/mol. The predicted molar refractivity (Wildman–Crippen MR) is 210 cm³/mol. The van der Waals surface area contributed by atoms with Gasteiger partial charge in [0.05, 0.1) is 31.4 Å². The zero-order valence-corrected chi connectivity index (χ0v) is 32.7. The molecule has 0 saturated carbocycles. The Morgan fingerprint density at radius 3 is 2.20 bits per heavy atom. The Balaban J connectivity index is 0.000000438. The Labute approximate surface area is 318 Å². The van der Waals surface area contributed by atoms with Crippen molar-refractivity contribution in [3.63, 3.8) is 0 Å². The van der Waals surface area contributed by atoms with Crippen LogP contribution in [0.2, 0.25) is 0 Å². The zero-order valence-electron chi connectivity index (χ0n) is 32.7. The number of phenolic OH excluding ortho intramolecular Hbond substituents is 1. The van der Waals surface area contributed by atoms with Crippen LogP contribution in [0.4, 0.5) is 21.9 Å². The van der Waals surface area contributed by atoms with E-state index >= 15 is 0 Å². The van der Waals surface area contributed by atoms with Crippen LogP contribution in [-0.2, 0) is 36.9 Å². The molecule has 4 rings (SSSR count). The molecular formula is C40H55N5O9. The third kappa shape index (κ3) is 13.4. The molecule has 0 fully saturated rings. The van der Waals surface area contributed by atoms with E-state index in [-0.39, 0.29) is 72.0 Å². The first-order valence-electron chi connectivity index (χ1n) is 17.5. The van der Waals surface area contributed by atoms with Gasteiger partial charge in [-0.25, -0.2) is 4.79 Å². The molecule has 0 bridgehead atoms. The average Bonchev–Trinajstić information content (AvgIpc) is 3.46. The van der Waals surface area contributed by atoms with E-state index < -0.39 is 6.09 Å². The molecule has 2 amide bonds. The number of ether oxygens (including phenoxy) is 3. The van der Waals surface area contributed by atoms with Crippen LogP contribution in [-0.4, -0.2) is 95.2 Å². The summed E-state index contributed by atoms with van der Waals surface area (Å²) in [6.07, 6.45) is 1.44. The topological polar surface area (TPSA) is 176 Å². The third-order valence-corrected chi connectivity index (χ3v) is 8.36. The standard InChI is InChI=1S/C27H29N3O5.C8H16N2O2.C5H10O2/c1-28-21-10-8-18(9-11-21)17-35-27(33)30(24-14-25(32)26(34-3)13-20(24)16-31)15-22-12-19-6-4-5-7-23(19)29(22)2;1-6(2)7(9-3)8(12)10-4-5-11;1-5(2,3)7-4-6/h4-11,13-14,16,22,28,32H,12,15,17H2,1-3H3;5-7,9H,4H2,1-3H3,(H,10,12);4H,1-3H3. The highest BCUT2D eigenvalue weighted by Gasteiger charge is 2.32. The molecule has 14 nitrogen and oxygen atoms in total. The molecule has 3 aromatic carbocycles. The maximum absolute atomic E-state index is 13.4. The summed E-state index contributed by atoms with van der Waals surface area (Å²) in [5.74, 6) is 0.0806. The summed E-state index contributed by atoms with van der Waals surface area (Å²) in [5, 5.41) is 18.8. The van der Waals surface area contributed by atoms with Gasteiger partial charge in [0.1, 0.15) is 18.5 Å². The van der Waals surface area contributed by atoms with E-state index in [1.807, 2.05) is 91.2 Å². The number of nitrogens with zero attached hydrogens (tertiary/aromatic N) is 2. The van der Waals surface area contributed by atoms with E-state index in [1.54, 1.807) is 7.05 Å². The summed E-state index contributed by atoms with van der Waals surface area (Å²) in [7, 11) is 6.94. The van der Waals surface area contributed by atoms with Gasteiger partial charge >= 0.3 is 6.09 Å². The Hall–Kier alpha value is -5.63. The minimum absolute atomic E-state index is 0.0430. The maximum Gasteiger partial charge on any atom is 0.414 e. The molecule has 3 aromatic rings. The van der Waals surface area contributed by atoms with E-state index in [0.717, 1.165) is 23.4 Å². The number of likely N-dealkylation sites (N-methyl/N-ethyl adjacent to an activating group) is 2. The number of fused-ring (bicyclic) bond motifs is 1. The quantitative estimate of drug-likeness (QED) is 0.163. The molecule has 0 aromatic heterocycles. The SMILES string of the molecule is CC(C)(C)OC=O.CNC(C(=O)NCC=O)C(C)C.CNc1ccc(COC(=O)N(CC2Cc3ccccc3N2C)c2cc(O)c(OC)cc2C=O)cc1. The Bertz CT molecular complexity index is 1680. The molecule has 1 aliphatic rings. The first kappa shape index (κ1) is 44.5. The van der Waals surface area contributed by atoms with Crippen molar-refractivity contribution in [2.75, 3.05) is 56.5 Å². The molecule has 14 heteroatoms. The number of methoxy groups -OCH3 is 1. The second kappa shape index (κ2) is 21.8. The van der Waals surface area contributed by atoms with Crippen LogP contribution >= 0.6 is 0 Å². The first-order chi connectivity index (χ1) is 25.6. The molecule has 54 heavy (non-hydrogen) atoms. The number of carbonyl (C=O) groups is 5. The smallest absolute Gasteiger partial charge is 0.414 e. The van der Waals surface area contributed by atoms with Gasteiger partial charge in [0.2, 0.25) is 5.91 Å². The van der Waals surface area contributed by atoms with Crippen LogP contribution in [0.5, 0.6) is 11.5 Å². The minimum Gasteiger partial charge on any atom is -0.504 e. The molecule has 0 saturated heterocycles. The highest BCUT2D eigenvalue weighted by molar-refractivity contribution is 5.96. The van der Waals surface area contributed by atoms with E-state index in [9.17, 15) is 29.1 Å². The van der Waals surface area contributed by atoms with Gasteiger partial charge in [0.15, 0.2) is 17.8 Å². The molecule has 0 aliphatic carbocycles. The van der Waals surface area contributed by atoms with Crippen LogP contribution in [0.3, 0.4) is 0 Å². The fraction of sp³-hybridized carbons (Fsp3) is 0.425. The number of hydrogen-bond donors (Lipinski definition) is 4. The van der Waals surface area contributed by atoms with Crippen LogP contribution in [0.25, 0.3) is 0 Å². The van der Waals surface area contributed by atoms with Crippen LogP contribution < -0.4 is 30.5 Å². The lowest BCUT2D eigenvalue weighted by atomic mass is 10.0. The summed E-state index contributed by atoms with van der Waals surface area (Å²) in [6.45, 7) is 10.2. The summed E-state index contributed by atoms with van der Waals surface area (Å²) >= 11 is 0. The number of benzene rings is 3. The molecule has 294 valence electrons. The lowest BCUT2D eigenvalue weighted by molar-refractivity contribution is -0.138. The maximum atomic E-state index is 13.4. The number of anilines is 3. The Kier molecular flexibility index (Phi) is 18.0. The van der Waals surface area contributed by atoms with Crippen molar-refractivity contribution in [1.29, 1.82) is 0 Å². The average molecular weight is 750 g/mol. The largest absolute Gasteiger partial charge is 0.504 e. The molecule has 2 unspecified atom stereocenters. The third-order valence-electron chi connectivity index (χ3n) is 8.36. The summed E-state index contributed by atoms with van der Waals surface area (Å²) in [6, 6.07) is 18.2. The van der Waals surface area contributed by atoms with E-state index in [1.165, 1.54) is 29.7 Å². The van der Waals surface area contributed by atoms with E-state index in [4.69, 9.17) is 9.47 Å². The second-order valence-corrected chi connectivity index (χ2v) is 13.7. The number of aromatic hydroxyl groups is 1. The second-order valence-electron chi connectivity index (χ2n) is 13.7. The fourth-order valence-electron chi connectivity index (χ4n) is 5.50. The van der Waals surface area contributed by atoms with Crippen LogP contribution in [0.15, 0.2) is 60.7 Å². The van der Waals surface area contributed by atoms with Gasteiger partial charge in [-0.3, -0.25) is 19.3 Å². The number of rotatable bonds is 14. The number of aldehydes is 2. The Morgan fingerprint density at radius 2 is 1.70 bits per heavy atom. The van der Waals surface area contributed by atoms with Crippen molar-refractivity contribution >= 4 is 48.1 Å². The monoisotopic (exact) mass is 749 g/mol. The number of hydrogen-bond acceptors (Lipinski definition) is 12.